The van der Waals surface area contributed by atoms with E-state index in [4.69, 9.17) is 14.9 Å². The van der Waals surface area contributed by atoms with Crippen LogP contribution < -0.4 is 5.32 Å². The molecule has 3 N–H and O–H groups in total. The zero-order chi connectivity index (χ0) is 12.1. The van der Waals surface area contributed by atoms with Crippen LogP contribution in [0, 0.1) is 0 Å². The van der Waals surface area contributed by atoms with E-state index in [2.05, 4.69) is 5.32 Å². The van der Waals surface area contributed by atoms with E-state index in [0.717, 1.165) is 0 Å². The van der Waals surface area contributed by atoms with Crippen LogP contribution in [0.25, 0.3) is 0 Å². The number of carboxylic acids is 1. The van der Waals surface area contributed by atoms with Crippen LogP contribution in [-0.4, -0.2) is 47.4 Å². The summed E-state index contributed by atoms with van der Waals surface area (Å²) >= 11 is 0. The van der Waals surface area contributed by atoms with Crippen molar-refractivity contribution >= 4 is 11.9 Å². The third-order valence-electron chi connectivity index (χ3n) is 2.08. The van der Waals surface area contributed by atoms with Crippen molar-refractivity contribution in [2.75, 3.05) is 13.7 Å². The van der Waals surface area contributed by atoms with Gasteiger partial charge < -0.3 is 20.3 Å². The molecule has 6 heteroatoms. The van der Waals surface area contributed by atoms with Gasteiger partial charge >= 0.3 is 5.97 Å². The van der Waals surface area contributed by atoms with Crippen molar-refractivity contribution in [2.24, 2.45) is 0 Å². The first-order chi connectivity index (χ1) is 6.85. The molecule has 0 aliphatic rings. The van der Waals surface area contributed by atoms with Crippen molar-refractivity contribution in [1.29, 1.82) is 0 Å². The van der Waals surface area contributed by atoms with Crippen molar-refractivity contribution in [3.8, 4) is 0 Å². The largest absolute Gasteiger partial charge is 0.480 e. The Morgan fingerprint density at radius 1 is 1.47 bits per heavy atom. The quantitative estimate of drug-likeness (QED) is 0.552. The fourth-order valence-corrected chi connectivity index (χ4v) is 0.811. The second-order valence-corrected chi connectivity index (χ2v) is 3.59. The number of aliphatic hydroxyl groups excluding tert-OH is 1. The molecule has 88 valence electrons. The molecule has 0 radical (unpaired) electrons. The van der Waals surface area contributed by atoms with E-state index in [1.807, 2.05) is 0 Å². The molecule has 0 aliphatic carbocycles. The first-order valence-electron chi connectivity index (χ1n) is 4.55. The molecule has 0 aromatic heterocycles. The van der Waals surface area contributed by atoms with Gasteiger partial charge in [-0.05, 0) is 13.8 Å². The molecule has 0 aromatic rings. The minimum Gasteiger partial charge on any atom is -0.480 e. The van der Waals surface area contributed by atoms with Crippen LogP contribution in [0.5, 0.6) is 0 Å². The Balaban J connectivity index is 4.41. The molecule has 0 fully saturated rings. The van der Waals surface area contributed by atoms with Gasteiger partial charge in [0.15, 0.2) is 0 Å². The summed E-state index contributed by atoms with van der Waals surface area (Å²) in [6.45, 7) is 2.75. The van der Waals surface area contributed by atoms with Gasteiger partial charge in [-0.1, -0.05) is 0 Å². The third kappa shape index (κ3) is 4.26. The lowest BCUT2D eigenvalue weighted by atomic mass is 10.1. The topological polar surface area (TPSA) is 95.9 Å². The molecule has 6 nitrogen and oxygen atoms in total. The Morgan fingerprint density at radius 2 is 2.00 bits per heavy atom. The summed E-state index contributed by atoms with van der Waals surface area (Å²) in [7, 11) is 1.36. The maximum atomic E-state index is 11.5. The standard InChI is InChI=1S/C9H17NO5/c1-9(2,15-3)8(14)10-6(4-5-11)7(12)13/h6,11H,4-5H2,1-3H3,(H,10,14)(H,12,13)/t6-/m0/s1. The molecule has 0 aromatic carbocycles. The monoisotopic (exact) mass is 219 g/mol. The number of hydrogen-bond acceptors (Lipinski definition) is 4. The van der Waals surface area contributed by atoms with Crippen LogP contribution in [0.3, 0.4) is 0 Å². The molecule has 0 rings (SSSR count). The SMILES string of the molecule is COC(C)(C)C(=O)N[C@@H](CCO)C(=O)O. The van der Waals surface area contributed by atoms with Crippen LogP contribution >= 0.6 is 0 Å². The number of amides is 1. The smallest absolute Gasteiger partial charge is 0.326 e. The third-order valence-corrected chi connectivity index (χ3v) is 2.08. The first kappa shape index (κ1) is 13.9. The number of aliphatic hydroxyl groups is 1. The van der Waals surface area contributed by atoms with Crippen molar-refractivity contribution < 1.29 is 24.5 Å². The van der Waals surface area contributed by atoms with Crippen molar-refractivity contribution in [1.82, 2.24) is 5.32 Å². The molecule has 0 heterocycles. The Kier molecular flexibility index (Phi) is 5.24. The normalized spacial score (nSPS) is 13.3. The maximum absolute atomic E-state index is 11.5. The minimum atomic E-state index is -1.18. The van der Waals surface area contributed by atoms with Gasteiger partial charge in [-0.2, -0.15) is 0 Å². The second-order valence-electron chi connectivity index (χ2n) is 3.59. The molecule has 0 saturated carbocycles. The number of hydrogen-bond donors (Lipinski definition) is 3. The van der Waals surface area contributed by atoms with Gasteiger partial charge in [0.05, 0.1) is 0 Å². The lowest BCUT2D eigenvalue weighted by molar-refractivity contribution is -0.147. The van der Waals surface area contributed by atoms with E-state index in [1.54, 1.807) is 0 Å². The number of ether oxygens (including phenoxy) is 1. The highest BCUT2D eigenvalue weighted by molar-refractivity contribution is 5.88. The predicted octanol–water partition coefficient (Wildman–Crippen LogP) is -0.637. The maximum Gasteiger partial charge on any atom is 0.326 e. The zero-order valence-electron chi connectivity index (χ0n) is 9.11. The molecule has 0 aliphatic heterocycles. The molecular weight excluding hydrogens is 202 g/mol. The van der Waals surface area contributed by atoms with Gasteiger partial charge in [0.1, 0.15) is 11.6 Å². The van der Waals surface area contributed by atoms with E-state index < -0.39 is 23.5 Å². The molecule has 1 atom stereocenters. The summed E-state index contributed by atoms with van der Waals surface area (Å²) in [5.74, 6) is -1.70. The Labute approximate surface area is 88.2 Å². The molecule has 1 amide bonds. The van der Waals surface area contributed by atoms with Crippen LogP contribution in [0.4, 0.5) is 0 Å². The Bertz CT molecular complexity index is 239. The fourth-order valence-electron chi connectivity index (χ4n) is 0.811. The average molecular weight is 219 g/mol. The summed E-state index contributed by atoms with van der Waals surface area (Å²) in [6, 6.07) is -1.09. The van der Waals surface area contributed by atoms with Gasteiger partial charge in [0, 0.05) is 20.1 Å². The van der Waals surface area contributed by atoms with E-state index in [0.29, 0.717) is 0 Å². The zero-order valence-corrected chi connectivity index (χ0v) is 9.11. The summed E-state index contributed by atoms with van der Waals surface area (Å²) in [4.78, 5) is 22.2. The molecule has 0 saturated heterocycles. The Morgan fingerprint density at radius 3 is 2.33 bits per heavy atom. The minimum absolute atomic E-state index is 0.0269. The van der Waals surface area contributed by atoms with Crippen LogP contribution in [0.2, 0.25) is 0 Å². The van der Waals surface area contributed by atoms with Gasteiger partial charge in [-0.15, -0.1) is 0 Å². The van der Waals surface area contributed by atoms with E-state index >= 15 is 0 Å². The number of methoxy groups -OCH3 is 1. The molecule has 0 spiro atoms. The summed E-state index contributed by atoms with van der Waals surface area (Å²) < 4.78 is 4.89. The number of aliphatic carboxylic acids is 1. The molecular formula is C9H17NO5. The fraction of sp³-hybridized carbons (Fsp3) is 0.778. The van der Waals surface area contributed by atoms with Gasteiger partial charge in [-0.25, -0.2) is 4.79 Å². The summed E-state index contributed by atoms with van der Waals surface area (Å²) in [6.07, 6.45) is -0.0269. The van der Waals surface area contributed by atoms with E-state index in [1.165, 1.54) is 21.0 Å². The highest BCUT2D eigenvalue weighted by Gasteiger charge is 2.30. The lowest BCUT2D eigenvalue weighted by Crippen LogP contribution is -2.50. The van der Waals surface area contributed by atoms with Crippen LogP contribution in [0.1, 0.15) is 20.3 Å². The number of rotatable bonds is 6. The average Bonchev–Trinajstić information content (AvgIpc) is 2.16. The summed E-state index contributed by atoms with van der Waals surface area (Å²) in [5, 5.41) is 19.6. The van der Waals surface area contributed by atoms with Crippen molar-refractivity contribution in [2.45, 2.75) is 31.9 Å². The number of carbonyl (C=O) groups is 2. The number of carbonyl (C=O) groups excluding carboxylic acids is 1. The predicted molar refractivity (Wildman–Crippen MR) is 52.4 cm³/mol. The van der Waals surface area contributed by atoms with Crippen LogP contribution in [0.15, 0.2) is 0 Å². The number of nitrogens with one attached hydrogen (secondary N) is 1. The van der Waals surface area contributed by atoms with Crippen LogP contribution in [-0.2, 0) is 14.3 Å². The van der Waals surface area contributed by atoms with Gasteiger partial charge in [-0.3, -0.25) is 4.79 Å². The van der Waals surface area contributed by atoms with E-state index in [9.17, 15) is 9.59 Å². The number of carboxylic acid groups (broad SMARTS) is 1. The highest BCUT2D eigenvalue weighted by atomic mass is 16.5. The first-order valence-corrected chi connectivity index (χ1v) is 4.55. The molecule has 15 heavy (non-hydrogen) atoms. The van der Waals surface area contributed by atoms with Gasteiger partial charge in [0.2, 0.25) is 0 Å². The molecule has 0 unspecified atom stereocenters. The second kappa shape index (κ2) is 5.67. The lowest BCUT2D eigenvalue weighted by Gasteiger charge is -2.24. The van der Waals surface area contributed by atoms with E-state index in [-0.39, 0.29) is 13.0 Å². The summed E-state index contributed by atoms with van der Waals surface area (Å²) in [5.41, 5.74) is -1.08. The highest BCUT2D eigenvalue weighted by Crippen LogP contribution is 2.08. The molecule has 0 bridgehead atoms. The van der Waals surface area contributed by atoms with Crippen molar-refractivity contribution in [3.05, 3.63) is 0 Å². The van der Waals surface area contributed by atoms with Gasteiger partial charge in [0.25, 0.3) is 5.91 Å². The Hall–Kier alpha value is -1.14. The van der Waals surface area contributed by atoms with Crippen molar-refractivity contribution in [3.63, 3.8) is 0 Å².